The Morgan fingerprint density at radius 2 is 2.06 bits per heavy atom. The molecule has 1 aliphatic rings. The van der Waals surface area contributed by atoms with Gasteiger partial charge in [-0.15, -0.1) is 9.24 Å². The number of halogens is 1. The van der Waals surface area contributed by atoms with E-state index in [1.54, 1.807) is 0 Å². The Morgan fingerprint density at radius 3 is 2.72 bits per heavy atom. The SMILES string of the molecule is CC(P)NCc1cc(Br)cc2c1NC(O)C(O)N2. The number of fused-ring (bicyclic) bond motifs is 1. The van der Waals surface area contributed by atoms with Crippen molar-refractivity contribution in [3.8, 4) is 0 Å². The second kappa shape index (κ2) is 5.72. The quantitative estimate of drug-likeness (QED) is 0.538. The lowest BCUT2D eigenvalue weighted by molar-refractivity contribution is 0.0527. The normalized spacial score (nSPS) is 23.8. The van der Waals surface area contributed by atoms with Gasteiger partial charge in [-0.2, -0.15) is 0 Å². The zero-order valence-electron chi connectivity index (χ0n) is 9.94. The van der Waals surface area contributed by atoms with Crippen LogP contribution in [0.1, 0.15) is 12.5 Å². The minimum Gasteiger partial charge on any atom is -0.369 e. The van der Waals surface area contributed by atoms with Crippen LogP contribution in [0.15, 0.2) is 16.6 Å². The summed E-state index contributed by atoms with van der Waals surface area (Å²) in [4.78, 5) is 0. The molecule has 18 heavy (non-hydrogen) atoms. The van der Waals surface area contributed by atoms with Crippen molar-refractivity contribution >= 4 is 36.5 Å². The highest BCUT2D eigenvalue weighted by atomic mass is 79.9. The molecule has 4 atom stereocenters. The molecular formula is C11H17BrN3O2P. The van der Waals surface area contributed by atoms with E-state index >= 15 is 0 Å². The van der Waals surface area contributed by atoms with Crippen LogP contribution in [0, 0.1) is 0 Å². The van der Waals surface area contributed by atoms with Crippen LogP contribution >= 0.6 is 25.2 Å². The maximum Gasteiger partial charge on any atom is 0.169 e. The van der Waals surface area contributed by atoms with E-state index < -0.39 is 12.5 Å². The standard InChI is InChI=1S/C11H17BrN3O2P/c1-5(18)13-4-6-2-7(12)3-8-9(6)15-11(17)10(16)14-8/h2-3,5,10-11,13-17H,4,18H2,1H3. The fourth-order valence-electron chi connectivity index (χ4n) is 1.82. The minimum absolute atomic E-state index is 0.298. The van der Waals surface area contributed by atoms with Crippen molar-refractivity contribution in [2.24, 2.45) is 0 Å². The Kier molecular flexibility index (Phi) is 4.45. The van der Waals surface area contributed by atoms with Gasteiger partial charge in [-0.05, 0) is 24.6 Å². The Morgan fingerprint density at radius 1 is 1.39 bits per heavy atom. The number of aliphatic hydroxyl groups excluding tert-OH is 2. The topological polar surface area (TPSA) is 76.5 Å². The maximum absolute atomic E-state index is 9.64. The number of hydrogen-bond donors (Lipinski definition) is 5. The Hall–Kier alpha value is -0.390. The number of anilines is 2. The van der Waals surface area contributed by atoms with Gasteiger partial charge in [0, 0.05) is 16.8 Å². The first-order chi connectivity index (χ1) is 8.47. The molecule has 0 spiro atoms. The highest BCUT2D eigenvalue weighted by Gasteiger charge is 2.25. The summed E-state index contributed by atoms with van der Waals surface area (Å²) in [6.07, 6.45) is -2.01. The molecule has 4 unspecified atom stereocenters. The fraction of sp³-hybridized carbons (Fsp3) is 0.455. The molecule has 100 valence electrons. The number of rotatable bonds is 3. The van der Waals surface area contributed by atoms with Gasteiger partial charge in [-0.25, -0.2) is 0 Å². The molecule has 0 saturated heterocycles. The van der Waals surface area contributed by atoms with Crippen molar-refractivity contribution < 1.29 is 10.2 Å². The lowest BCUT2D eigenvalue weighted by atomic mass is 10.1. The van der Waals surface area contributed by atoms with Gasteiger partial charge in [0.25, 0.3) is 0 Å². The fourth-order valence-corrected chi connectivity index (χ4v) is 2.45. The van der Waals surface area contributed by atoms with Crippen molar-refractivity contribution in [3.05, 3.63) is 22.2 Å². The third-order valence-corrected chi connectivity index (χ3v) is 3.39. The molecule has 0 amide bonds. The molecule has 0 bridgehead atoms. The van der Waals surface area contributed by atoms with Gasteiger partial charge in [-0.1, -0.05) is 15.9 Å². The molecule has 1 aromatic carbocycles. The number of benzene rings is 1. The lowest BCUT2D eigenvalue weighted by Gasteiger charge is -2.31. The van der Waals surface area contributed by atoms with Crippen molar-refractivity contribution in [1.29, 1.82) is 0 Å². The van der Waals surface area contributed by atoms with Gasteiger partial charge in [0.1, 0.15) is 0 Å². The van der Waals surface area contributed by atoms with E-state index in [1.165, 1.54) is 0 Å². The zero-order valence-corrected chi connectivity index (χ0v) is 12.7. The average molecular weight is 334 g/mol. The zero-order chi connectivity index (χ0) is 13.3. The molecule has 1 aromatic rings. The second-order valence-corrected chi connectivity index (χ2v) is 6.25. The summed E-state index contributed by atoms with van der Waals surface area (Å²) in [5.41, 5.74) is 2.61. The first-order valence-electron chi connectivity index (χ1n) is 5.68. The average Bonchev–Trinajstić information content (AvgIpc) is 2.28. The van der Waals surface area contributed by atoms with Gasteiger partial charge in [-0.3, -0.25) is 0 Å². The molecular weight excluding hydrogens is 317 g/mol. The summed E-state index contributed by atoms with van der Waals surface area (Å²) in [5.74, 6) is 0.298. The largest absolute Gasteiger partial charge is 0.369 e. The van der Waals surface area contributed by atoms with Crippen LogP contribution < -0.4 is 16.0 Å². The Bertz CT molecular complexity index is 445. The summed E-state index contributed by atoms with van der Waals surface area (Å²) in [5, 5.41) is 28.3. The summed E-state index contributed by atoms with van der Waals surface area (Å²) >= 11 is 3.44. The van der Waals surface area contributed by atoms with Crippen LogP contribution in [0.5, 0.6) is 0 Å². The number of hydrogen-bond acceptors (Lipinski definition) is 5. The highest BCUT2D eigenvalue weighted by molar-refractivity contribution is 9.10. The molecule has 1 heterocycles. The van der Waals surface area contributed by atoms with Crippen molar-refractivity contribution in [1.82, 2.24) is 5.32 Å². The lowest BCUT2D eigenvalue weighted by Crippen LogP contribution is -2.43. The van der Waals surface area contributed by atoms with E-state index in [-0.39, 0.29) is 0 Å². The molecule has 0 fully saturated rings. The minimum atomic E-state index is -1.01. The Balaban J connectivity index is 2.29. The van der Waals surface area contributed by atoms with E-state index in [0.29, 0.717) is 12.3 Å². The van der Waals surface area contributed by atoms with Crippen LogP contribution in [-0.4, -0.2) is 28.5 Å². The van der Waals surface area contributed by atoms with E-state index in [2.05, 4.69) is 41.1 Å². The third kappa shape index (κ3) is 3.13. The van der Waals surface area contributed by atoms with Crippen LogP contribution in [0.2, 0.25) is 0 Å². The third-order valence-electron chi connectivity index (χ3n) is 2.69. The molecule has 5 N–H and O–H groups in total. The first kappa shape index (κ1) is 14.0. The van der Waals surface area contributed by atoms with E-state index in [1.807, 2.05) is 19.1 Å². The molecule has 0 aromatic heterocycles. The molecule has 0 aliphatic carbocycles. The van der Waals surface area contributed by atoms with Gasteiger partial charge in [0.15, 0.2) is 12.5 Å². The molecule has 2 rings (SSSR count). The van der Waals surface area contributed by atoms with E-state index in [0.717, 1.165) is 21.4 Å². The van der Waals surface area contributed by atoms with Gasteiger partial charge >= 0.3 is 0 Å². The van der Waals surface area contributed by atoms with Gasteiger partial charge < -0.3 is 26.2 Å². The second-order valence-electron chi connectivity index (χ2n) is 4.34. The summed E-state index contributed by atoms with van der Waals surface area (Å²) in [7, 11) is 2.67. The van der Waals surface area contributed by atoms with Crippen molar-refractivity contribution in [2.45, 2.75) is 31.7 Å². The van der Waals surface area contributed by atoms with E-state index in [9.17, 15) is 10.2 Å². The smallest absolute Gasteiger partial charge is 0.169 e. The number of nitrogens with one attached hydrogen (secondary N) is 3. The summed E-state index contributed by atoms with van der Waals surface area (Å²) < 4.78 is 0.923. The number of aliphatic hydroxyl groups is 2. The summed E-state index contributed by atoms with van der Waals surface area (Å²) in [6.45, 7) is 2.71. The van der Waals surface area contributed by atoms with E-state index in [4.69, 9.17) is 0 Å². The van der Waals surface area contributed by atoms with Crippen LogP contribution in [-0.2, 0) is 6.54 Å². The molecule has 0 radical (unpaired) electrons. The highest BCUT2D eigenvalue weighted by Crippen LogP contribution is 2.34. The molecule has 0 saturated carbocycles. The molecule has 7 heteroatoms. The predicted molar refractivity (Wildman–Crippen MR) is 79.4 cm³/mol. The molecule has 5 nitrogen and oxygen atoms in total. The first-order valence-corrected chi connectivity index (χ1v) is 7.14. The molecule has 1 aliphatic heterocycles. The monoisotopic (exact) mass is 333 g/mol. The van der Waals surface area contributed by atoms with Crippen molar-refractivity contribution in [2.75, 3.05) is 10.6 Å². The van der Waals surface area contributed by atoms with Gasteiger partial charge in [0.05, 0.1) is 11.4 Å². The van der Waals surface area contributed by atoms with Crippen LogP contribution in [0.25, 0.3) is 0 Å². The van der Waals surface area contributed by atoms with Crippen LogP contribution in [0.4, 0.5) is 11.4 Å². The maximum atomic E-state index is 9.64. The summed E-state index contributed by atoms with van der Waals surface area (Å²) in [6, 6.07) is 3.85. The predicted octanol–water partition coefficient (Wildman–Crippen LogP) is 1.23. The van der Waals surface area contributed by atoms with Crippen LogP contribution in [0.3, 0.4) is 0 Å². The van der Waals surface area contributed by atoms with Crippen molar-refractivity contribution in [3.63, 3.8) is 0 Å². The van der Waals surface area contributed by atoms with Gasteiger partial charge in [0.2, 0.25) is 0 Å². The Labute approximate surface area is 117 Å².